The SMILES string of the molecule is C[C@H]1CCCC[C@@H]1NC(=S)N/N=C\c1ccc(C(=O)O)cc1. The summed E-state index contributed by atoms with van der Waals surface area (Å²) < 4.78 is 0. The zero-order chi connectivity index (χ0) is 15.9. The molecule has 5 nitrogen and oxygen atoms in total. The Kier molecular flexibility index (Phi) is 5.89. The van der Waals surface area contributed by atoms with Gasteiger partial charge in [0.15, 0.2) is 5.11 Å². The van der Waals surface area contributed by atoms with Crippen molar-refractivity contribution in [3.8, 4) is 0 Å². The molecule has 0 amide bonds. The lowest BCUT2D eigenvalue weighted by atomic mass is 9.86. The molecule has 0 unspecified atom stereocenters. The Labute approximate surface area is 135 Å². The first-order valence-electron chi connectivity index (χ1n) is 7.49. The van der Waals surface area contributed by atoms with Crippen LogP contribution in [0.4, 0.5) is 0 Å². The molecule has 1 aromatic carbocycles. The van der Waals surface area contributed by atoms with Crippen molar-refractivity contribution in [3.05, 3.63) is 35.4 Å². The molecule has 0 bridgehead atoms. The largest absolute Gasteiger partial charge is 0.478 e. The van der Waals surface area contributed by atoms with Gasteiger partial charge in [-0.25, -0.2) is 4.79 Å². The van der Waals surface area contributed by atoms with E-state index >= 15 is 0 Å². The Hall–Kier alpha value is -1.95. The smallest absolute Gasteiger partial charge is 0.335 e. The number of aromatic carboxylic acids is 1. The number of benzene rings is 1. The molecule has 0 radical (unpaired) electrons. The second-order valence-electron chi connectivity index (χ2n) is 5.64. The van der Waals surface area contributed by atoms with E-state index < -0.39 is 5.97 Å². The van der Waals surface area contributed by atoms with Crippen LogP contribution in [0.25, 0.3) is 0 Å². The molecule has 1 aromatic rings. The minimum absolute atomic E-state index is 0.258. The number of rotatable bonds is 4. The topological polar surface area (TPSA) is 73.7 Å². The molecular formula is C16H21N3O2S. The summed E-state index contributed by atoms with van der Waals surface area (Å²) in [7, 11) is 0. The van der Waals surface area contributed by atoms with E-state index in [1.807, 2.05) is 0 Å². The van der Waals surface area contributed by atoms with Crippen LogP contribution in [-0.2, 0) is 0 Å². The molecule has 2 atom stereocenters. The Bertz CT molecular complexity index is 557. The van der Waals surface area contributed by atoms with Gasteiger partial charge in [-0.15, -0.1) is 0 Å². The Morgan fingerprint density at radius 2 is 2.00 bits per heavy atom. The second kappa shape index (κ2) is 7.89. The van der Waals surface area contributed by atoms with Gasteiger partial charge in [0.05, 0.1) is 11.8 Å². The summed E-state index contributed by atoms with van der Waals surface area (Å²) in [5.41, 5.74) is 3.88. The molecule has 0 saturated heterocycles. The van der Waals surface area contributed by atoms with Crippen LogP contribution in [0.3, 0.4) is 0 Å². The van der Waals surface area contributed by atoms with E-state index in [2.05, 4.69) is 22.8 Å². The normalized spacial score (nSPS) is 21.5. The summed E-state index contributed by atoms with van der Waals surface area (Å²) in [6, 6.07) is 6.91. The summed E-state index contributed by atoms with van der Waals surface area (Å²) in [5, 5.41) is 16.7. The van der Waals surface area contributed by atoms with Crippen molar-refractivity contribution in [3.63, 3.8) is 0 Å². The summed E-state index contributed by atoms with van der Waals surface area (Å²) in [6.07, 6.45) is 6.53. The number of carboxylic acid groups (broad SMARTS) is 1. The van der Waals surface area contributed by atoms with Gasteiger partial charge in [0, 0.05) is 6.04 Å². The van der Waals surface area contributed by atoms with Crippen molar-refractivity contribution in [2.45, 2.75) is 38.6 Å². The van der Waals surface area contributed by atoms with Crippen LogP contribution in [0.2, 0.25) is 0 Å². The van der Waals surface area contributed by atoms with Crippen molar-refractivity contribution < 1.29 is 9.90 Å². The quantitative estimate of drug-likeness (QED) is 0.452. The first-order valence-corrected chi connectivity index (χ1v) is 7.90. The molecule has 1 fully saturated rings. The monoisotopic (exact) mass is 319 g/mol. The number of nitrogens with zero attached hydrogens (tertiary/aromatic N) is 1. The standard InChI is InChI=1S/C16H21N3O2S/c1-11-4-2-3-5-14(11)18-16(22)19-17-10-12-6-8-13(9-7-12)15(20)21/h6-11,14H,2-5H2,1H3,(H,20,21)(H2,18,19,22)/b17-10-/t11-,14-/m0/s1. The Morgan fingerprint density at radius 1 is 1.32 bits per heavy atom. The highest BCUT2D eigenvalue weighted by Gasteiger charge is 2.21. The third-order valence-electron chi connectivity index (χ3n) is 3.97. The molecule has 0 spiro atoms. The molecule has 0 aromatic heterocycles. The van der Waals surface area contributed by atoms with Crippen LogP contribution in [0, 0.1) is 5.92 Å². The van der Waals surface area contributed by atoms with E-state index in [1.54, 1.807) is 30.5 Å². The molecule has 22 heavy (non-hydrogen) atoms. The van der Waals surface area contributed by atoms with Gasteiger partial charge in [-0.1, -0.05) is 31.9 Å². The van der Waals surface area contributed by atoms with E-state index in [9.17, 15) is 4.79 Å². The molecular weight excluding hydrogens is 298 g/mol. The van der Waals surface area contributed by atoms with Crippen LogP contribution >= 0.6 is 12.2 Å². The maximum absolute atomic E-state index is 10.8. The van der Waals surface area contributed by atoms with E-state index in [-0.39, 0.29) is 5.56 Å². The second-order valence-corrected chi connectivity index (χ2v) is 6.05. The van der Waals surface area contributed by atoms with Gasteiger partial charge in [-0.05, 0) is 48.7 Å². The fraction of sp³-hybridized carbons (Fsp3) is 0.438. The highest BCUT2D eigenvalue weighted by molar-refractivity contribution is 7.80. The lowest BCUT2D eigenvalue weighted by Crippen LogP contribution is -2.44. The molecule has 1 aliphatic rings. The summed E-state index contributed by atoms with van der Waals surface area (Å²) >= 11 is 5.24. The van der Waals surface area contributed by atoms with Gasteiger partial charge >= 0.3 is 5.97 Å². The highest BCUT2D eigenvalue weighted by Crippen LogP contribution is 2.23. The van der Waals surface area contributed by atoms with E-state index in [4.69, 9.17) is 17.3 Å². The van der Waals surface area contributed by atoms with Gasteiger partial charge in [-0.3, -0.25) is 5.43 Å². The molecule has 1 aliphatic carbocycles. The van der Waals surface area contributed by atoms with Crippen LogP contribution in [0.5, 0.6) is 0 Å². The van der Waals surface area contributed by atoms with Crippen molar-refractivity contribution in [2.24, 2.45) is 11.0 Å². The predicted molar refractivity (Wildman–Crippen MR) is 91.3 cm³/mol. The summed E-state index contributed by atoms with van der Waals surface area (Å²) in [5.74, 6) is -0.311. The van der Waals surface area contributed by atoms with E-state index in [1.165, 1.54) is 19.3 Å². The number of nitrogens with one attached hydrogen (secondary N) is 2. The third-order valence-corrected chi connectivity index (χ3v) is 4.17. The number of hydrogen-bond acceptors (Lipinski definition) is 3. The number of hydrazone groups is 1. The Morgan fingerprint density at radius 3 is 2.64 bits per heavy atom. The van der Waals surface area contributed by atoms with Crippen LogP contribution in [0.15, 0.2) is 29.4 Å². The minimum atomic E-state index is -0.936. The zero-order valence-corrected chi connectivity index (χ0v) is 13.4. The molecule has 3 N–H and O–H groups in total. The number of hydrogen-bond donors (Lipinski definition) is 3. The molecule has 118 valence electrons. The van der Waals surface area contributed by atoms with Gasteiger partial charge in [0.25, 0.3) is 0 Å². The van der Waals surface area contributed by atoms with Crippen molar-refractivity contribution in [2.75, 3.05) is 0 Å². The highest BCUT2D eigenvalue weighted by atomic mass is 32.1. The lowest BCUT2D eigenvalue weighted by molar-refractivity contribution is 0.0697. The lowest BCUT2D eigenvalue weighted by Gasteiger charge is -2.30. The molecule has 0 aliphatic heterocycles. The average molecular weight is 319 g/mol. The zero-order valence-electron chi connectivity index (χ0n) is 12.6. The third kappa shape index (κ3) is 4.80. The fourth-order valence-electron chi connectivity index (χ4n) is 2.61. The van der Waals surface area contributed by atoms with Crippen molar-refractivity contribution >= 4 is 29.5 Å². The maximum Gasteiger partial charge on any atom is 0.335 e. The average Bonchev–Trinajstić information content (AvgIpc) is 2.50. The molecule has 6 heteroatoms. The maximum atomic E-state index is 10.8. The molecule has 1 saturated carbocycles. The minimum Gasteiger partial charge on any atom is -0.478 e. The molecule has 2 rings (SSSR count). The van der Waals surface area contributed by atoms with E-state index in [0.29, 0.717) is 17.1 Å². The van der Waals surface area contributed by atoms with Gasteiger partial charge < -0.3 is 10.4 Å². The van der Waals surface area contributed by atoms with E-state index in [0.717, 1.165) is 12.0 Å². The van der Waals surface area contributed by atoms with Gasteiger partial charge in [-0.2, -0.15) is 5.10 Å². The van der Waals surface area contributed by atoms with Gasteiger partial charge in [0.1, 0.15) is 0 Å². The number of thiocarbonyl (C=S) groups is 1. The summed E-state index contributed by atoms with van der Waals surface area (Å²) in [4.78, 5) is 10.8. The predicted octanol–water partition coefficient (Wildman–Crippen LogP) is 2.76. The van der Waals surface area contributed by atoms with Crippen molar-refractivity contribution in [1.82, 2.24) is 10.7 Å². The molecule has 0 heterocycles. The summed E-state index contributed by atoms with van der Waals surface area (Å²) in [6.45, 7) is 2.24. The fourth-order valence-corrected chi connectivity index (χ4v) is 2.81. The van der Waals surface area contributed by atoms with Crippen molar-refractivity contribution in [1.29, 1.82) is 0 Å². The number of carboxylic acids is 1. The Balaban J connectivity index is 1.81. The first kappa shape index (κ1) is 16.4. The van der Waals surface area contributed by atoms with Crippen LogP contribution in [-0.4, -0.2) is 28.4 Å². The number of carbonyl (C=O) groups is 1. The van der Waals surface area contributed by atoms with Crippen LogP contribution in [0.1, 0.15) is 48.5 Å². The van der Waals surface area contributed by atoms with Gasteiger partial charge in [0.2, 0.25) is 0 Å². The first-order chi connectivity index (χ1) is 10.6. The van der Waals surface area contributed by atoms with Crippen LogP contribution < -0.4 is 10.7 Å².